The van der Waals surface area contributed by atoms with E-state index in [2.05, 4.69) is 15.6 Å². The summed E-state index contributed by atoms with van der Waals surface area (Å²) < 4.78 is 75.6. The molecule has 2 aliphatic rings. The zero-order chi connectivity index (χ0) is 26.9. The number of anilines is 1. The fourth-order valence-corrected chi connectivity index (χ4v) is 5.24. The van der Waals surface area contributed by atoms with E-state index < -0.39 is 71.3 Å². The van der Waals surface area contributed by atoms with Crippen LogP contribution in [0, 0.1) is 23.4 Å². The Labute approximate surface area is 210 Å². The van der Waals surface area contributed by atoms with Gasteiger partial charge in [0.05, 0.1) is 7.11 Å². The van der Waals surface area contributed by atoms with Crippen molar-refractivity contribution in [1.82, 2.24) is 15.6 Å². The minimum Gasteiger partial charge on any atom is -0.497 e. The van der Waals surface area contributed by atoms with E-state index in [1.807, 2.05) is 0 Å². The number of hydrogen-bond acceptors (Lipinski definition) is 4. The number of amides is 3. The molecule has 4 rings (SSSR count). The summed E-state index contributed by atoms with van der Waals surface area (Å²) in [5.74, 6) is -6.02. The molecule has 2 N–H and O–H groups in total. The molecule has 3 atom stereocenters. The number of rotatable bonds is 6. The van der Waals surface area contributed by atoms with Crippen molar-refractivity contribution in [3.63, 3.8) is 0 Å². The SMILES string of the molecule is COc1cc(F)c([C@H]2C(NC(=O)NC3CCC(C(F)F)CC3)C(=O)N(c3ncccc3F)[C@H]2C)c(F)c1. The molecule has 0 spiro atoms. The van der Waals surface area contributed by atoms with Gasteiger partial charge in [0.25, 0.3) is 5.91 Å². The molecule has 1 aromatic carbocycles. The Morgan fingerprint density at radius 1 is 1.08 bits per heavy atom. The molecule has 37 heavy (non-hydrogen) atoms. The minimum absolute atomic E-state index is 0.0787. The van der Waals surface area contributed by atoms with Crippen molar-refractivity contribution in [3.05, 3.63) is 53.5 Å². The predicted molar refractivity (Wildman–Crippen MR) is 124 cm³/mol. The van der Waals surface area contributed by atoms with Crippen molar-refractivity contribution in [2.75, 3.05) is 12.0 Å². The monoisotopic (exact) mass is 526 g/mol. The lowest BCUT2D eigenvalue weighted by molar-refractivity contribution is -0.118. The van der Waals surface area contributed by atoms with Crippen LogP contribution in [0.5, 0.6) is 5.75 Å². The van der Waals surface area contributed by atoms with Crippen LogP contribution in [-0.4, -0.2) is 48.6 Å². The van der Waals surface area contributed by atoms with E-state index in [1.54, 1.807) is 0 Å². The molecule has 1 unspecified atom stereocenters. The van der Waals surface area contributed by atoms with Gasteiger partial charge in [0.2, 0.25) is 6.43 Å². The predicted octanol–water partition coefficient (Wildman–Crippen LogP) is 4.52. The van der Waals surface area contributed by atoms with E-state index in [0.717, 1.165) is 23.1 Å². The topological polar surface area (TPSA) is 83.6 Å². The number of pyridine rings is 1. The highest BCUT2D eigenvalue weighted by molar-refractivity contribution is 6.02. The van der Waals surface area contributed by atoms with Crippen LogP contribution in [-0.2, 0) is 4.79 Å². The molecule has 7 nitrogen and oxygen atoms in total. The lowest BCUT2D eigenvalue weighted by Crippen LogP contribution is -2.51. The normalized spacial score (nSPS) is 25.9. The Balaban J connectivity index is 1.63. The summed E-state index contributed by atoms with van der Waals surface area (Å²) in [4.78, 5) is 31.2. The third-order valence-electron chi connectivity index (χ3n) is 7.13. The summed E-state index contributed by atoms with van der Waals surface area (Å²) in [5, 5.41) is 5.15. The van der Waals surface area contributed by atoms with Crippen LogP contribution in [0.3, 0.4) is 0 Å². The van der Waals surface area contributed by atoms with E-state index in [1.165, 1.54) is 26.3 Å². The number of aromatic nitrogens is 1. The Morgan fingerprint density at radius 2 is 1.73 bits per heavy atom. The van der Waals surface area contributed by atoms with Gasteiger partial charge in [-0.2, -0.15) is 0 Å². The Morgan fingerprint density at radius 3 is 2.30 bits per heavy atom. The zero-order valence-electron chi connectivity index (χ0n) is 20.2. The summed E-state index contributed by atoms with van der Waals surface area (Å²) >= 11 is 0. The van der Waals surface area contributed by atoms with Gasteiger partial charge in [0.1, 0.15) is 23.4 Å². The first kappa shape index (κ1) is 26.6. The number of nitrogens with one attached hydrogen (secondary N) is 2. The first-order chi connectivity index (χ1) is 17.6. The number of halogens is 5. The van der Waals surface area contributed by atoms with Crippen LogP contribution >= 0.6 is 0 Å². The highest BCUT2D eigenvalue weighted by Crippen LogP contribution is 2.41. The van der Waals surface area contributed by atoms with Crippen LogP contribution in [0.15, 0.2) is 30.5 Å². The van der Waals surface area contributed by atoms with E-state index in [9.17, 15) is 22.8 Å². The first-order valence-corrected chi connectivity index (χ1v) is 11.9. The number of carbonyl (C=O) groups is 2. The molecule has 0 bridgehead atoms. The number of methoxy groups -OCH3 is 1. The van der Waals surface area contributed by atoms with Gasteiger partial charge < -0.3 is 15.4 Å². The molecular formula is C25H27F5N4O3. The van der Waals surface area contributed by atoms with Gasteiger partial charge in [0, 0.05) is 47.8 Å². The number of nitrogens with zero attached hydrogens (tertiary/aromatic N) is 2. The van der Waals surface area contributed by atoms with Crippen molar-refractivity contribution in [3.8, 4) is 5.75 Å². The molecule has 1 saturated heterocycles. The molecule has 0 radical (unpaired) electrons. The van der Waals surface area contributed by atoms with Crippen molar-refractivity contribution >= 4 is 17.8 Å². The van der Waals surface area contributed by atoms with E-state index >= 15 is 8.78 Å². The van der Waals surface area contributed by atoms with Gasteiger partial charge in [-0.15, -0.1) is 0 Å². The van der Waals surface area contributed by atoms with E-state index in [4.69, 9.17) is 4.74 Å². The summed E-state index contributed by atoms with van der Waals surface area (Å²) in [5.41, 5.74) is -0.469. The maximum absolute atomic E-state index is 15.1. The third kappa shape index (κ3) is 5.33. The summed E-state index contributed by atoms with van der Waals surface area (Å²) in [6, 6.07) is 0.670. The largest absolute Gasteiger partial charge is 0.497 e. The van der Waals surface area contributed by atoms with E-state index in [-0.39, 0.29) is 24.4 Å². The van der Waals surface area contributed by atoms with Gasteiger partial charge in [-0.05, 0) is 44.7 Å². The quantitative estimate of drug-likeness (QED) is 0.543. The van der Waals surface area contributed by atoms with E-state index in [0.29, 0.717) is 12.8 Å². The highest BCUT2D eigenvalue weighted by Gasteiger charge is 2.51. The molecule has 2 aromatic rings. The van der Waals surface area contributed by atoms with Gasteiger partial charge >= 0.3 is 6.03 Å². The maximum Gasteiger partial charge on any atom is 0.315 e. The van der Waals surface area contributed by atoms with Crippen LogP contribution < -0.4 is 20.3 Å². The molecule has 1 aliphatic heterocycles. The van der Waals surface area contributed by atoms with Crippen LogP contribution in [0.4, 0.5) is 32.6 Å². The van der Waals surface area contributed by atoms with Crippen LogP contribution in [0.25, 0.3) is 0 Å². The van der Waals surface area contributed by atoms with Crippen LogP contribution in [0.2, 0.25) is 0 Å². The lowest BCUT2D eigenvalue weighted by Gasteiger charge is -2.29. The van der Waals surface area contributed by atoms with Crippen LogP contribution in [0.1, 0.15) is 44.1 Å². The number of ether oxygens (including phenoxy) is 1. The van der Waals surface area contributed by atoms with Gasteiger partial charge in [-0.3, -0.25) is 9.69 Å². The fourth-order valence-electron chi connectivity index (χ4n) is 5.24. The second-order valence-corrected chi connectivity index (χ2v) is 9.33. The Hall–Kier alpha value is -3.44. The van der Waals surface area contributed by atoms with Gasteiger partial charge in [0.15, 0.2) is 11.6 Å². The summed E-state index contributed by atoms with van der Waals surface area (Å²) in [6.07, 6.45) is -0.0352. The third-order valence-corrected chi connectivity index (χ3v) is 7.13. The van der Waals surface area contributed by atoms with Crippen molar-refractivity contribution < 1.29 is 36.3 Å². The van der Waals surface area contributed by atoms with Crippen molar-refractivity contribution in [1.29, 1.82) is 0 Å². The average Bonchev–Trinajstić information content (AvgIpc) is 3.08. The molecule has 1 aromatic heterocycles. The Kier molecular flexibility index (Phi) is 7.84. The molecule has 12 heteroatoms. The number of carbonyl (C=O) groups excluding carboxylic acids is 2. The van der Waals surface area contributed by atoms with Crippen molar-refractivity contribution in [2.24, 2.45) is 5.92 Å². The minimum atomic E-state index is -2.43. The standard InChI is InChI=1S/C25H27F5N4O3/c1-12-19(20-17(27)10-15(37-2)11-18(20)28)21(24(35)34(12)23-16(26)4-3-9-31-23)33-25(36)32-14-7-5-13(6-8-14)22(29)30/h3-4,9-14,19,21-22H,5-8H2,1-2H3,(H2,32,33,36)/t12-,13?,14?,19-,21?/m0/s1. The summed E-state index contributed by atoms with van der Waals surface area (Å²) in [6.45, 7) is 1.48. The smallest absolute Gasteiger partial charge is 0.315 e. The molecule has 1 aliphatic carbocycles. The molecular weight excluding hydrogens is 499 g/mol. The number of alkyl halides is 2. The second kappa shape index (κ2) is 10.9. The van der Waals surface area contributed by atoms with Crippen molar-refractivity contribution in [2.45, 2.75) is 63.1 Å². The molecule has 200 valence electrons. The molecule has 3 amide bonds. The Bertz CT molecular complexity index is 1140. The number of benzene rings is 1. The zero-order valence-corrected chi connectivity index (χ0v) is 20.2. The highest BCUT2D eigenvalue weighted by atomic mass is 19.3. The fraction of sp³-hybridized carbons (Fsp3) is 0.480. The van der Waals surface area contributed by atoms with Gasteiger partial charge in [-0.1, -0.05) is 0 Å². The first-order valence-electron chi connectivity index (χ1n) is 11.9. The second-order valence-electron chi connectivity index (χ2n) is 9.33. The molecule has 2 heterocycles. The van der Waals surface area contributed by atoms with Gasteiger partial charge in [-0.25, -0.2) is 31.7 Å². The summed E-state index contributed by atoms with van der Waals surface area (Å²) in [7, 11) is 1.24. The molecule has 1 saturated carbocycles. The number of urea groups is 1. The lowest BCUT2D eigenvalue weighted by atomic mass is 9.86. The maximum atomic E-state index is 15.1. The average molecular weight is 527 g/mol. The number of hydrogen-bond donors (Lipinski definition) is 2. The molecule has 2 fully saturated rings.